The van der Waals surface area contributed by atoms with Crippen molar-refractivity contribution < 1.29 is 9.53 Å². The van der Waals surface area contributed by atoms with Gasteiger partial charge in [0.05, 0.1) is 13.2 Å². The summed E-state index contributed by atoms with van der Waals surface area (Å²) in [6.45, 7) is 4.22. The second-order valence-corrected chi connectivity index (χ2v) is 4.38. The van der Waals surface area contributed by atoms with E-state index in [1.165, 1.54) is 0 Å². The van der Waals surface area contributed by atoms with Crippen LogP contribution in [0.1, 0.15) is 6.42 Å². The molecule has 2 amide bonds. The van der Waals surface area contributed by atoms with E-state index in [-0.39, 0.29) is 12.1 Å². The Morgan fingerprint density at radius 1 is 1.33 bits per heavy atom. The summed E-state index contributed by atoms with van der Waals surface area (Å²) in [7, 11) is 0. The van der Waals surface area contributed by atoms with Crippen LogP contribution in [0.5, 0.6) is 0 Å². The van der Waals surface area contributed by atoms with Crippen LogP contribution in [0.2, 0.25) is 0 Å². The van der Waals surface area contributed by atoms with Gasteiger partial charge in [0.1, 0.15) is 0 Å². The third kappa shape index (κ3) is 2.96. The fraction of sp³-hybridized carbons (Fsp3) is 0.889. The van der Waals surface area contributed by atoms with Crippen LogP contribution >= 0.6 is 11.8 Å². The number of nitrogens with one attached hydrogen (secondary N) is 1. The highest BCUT2D eigenvalue weighted by Crippen LogP contribution is 2.11. The normalized spacial score (nSPS) is 28.1. The van der Waals surface area contributed by atoms with E-state index >= 15 is 0 Å². The first kappa shape index (κ1) is 11.0. The van der Waals surface area contributed by atoms with Gasteiger partial charge < -0.3 is 15.0 Å². The zero-order chi connectivity index (χ0) is 10.7. The van der Waals surface area contributed by atoms with E-state index in [2.05, 4.69) is 5.32 Å². The Labute approximate surface area is 94.4 Å². The van der Waals surface area contributed by atoms with E-state index in [9.17, 15) is 4.79 Å². The molecule has 0 aromatic carbocycles. The lowest BCUT2D eigenvalue weighted by Crippen LogP contribution is -2.49. The van der Waals surface area contributed by atoms with Crippen molar-refractivity contribution in [1.29, 1.82) is 0 Å². The third-order valence-corrected chi connectivity index (χ3v) is 3.07. The molecular weight excluding hydrogens is 218 g/mol. The van der Waals surface area contributed by atoms with Gasteiger partial charge in [-0.25, -0.2) is 9.21 Å². The Morgan fingerprint density at radius 3 is 2.67 bits per heavy atom. The number of hydrogen-bond acceptors (Lipinski definition) is 3. The van der Waals surface area contributed by atoms with Gasteiger partial charge >= 0.3 is 6.03 Å². The summed E-state index contributed by atoms with van der Waals surface area (Å²) in [6, 6.07) is 0.202. The second-order valence-electron chi connectivity index (χ2n) is 3.90. The van der Waals surface area contributed by atoms with Crippen molar-refractivity contribution in [2.45, 2.75) is 12.5 Å². The molecule has 2 rings (SSSR count). The molecule has 2 heterocycles. The minimum absolute atomic E-state index is 0.00951. The number of carbonyl (C=O) groups excluding carboxylic acids is 1. The molecule has 1 unspecified atom stereocenters. The number of amides is 2. The van der Waals surface area contributed by atoms with Gasteiger partial charge in [-0.2, -0.15) is 0 Å². The first-order chi connectivity index (χ1) is 7.25. The van der Waals surface area contributed by atoms with Gasteiger partial charge in [-0.3, -0.25) is 0 Å². The zero-order valence-electron chi connectivity index (χ0n) is 8.62. The average Bonchev–Trinajstić information content (AvgIpc) is 2.65. The second kappa shape index (κ2) is 5.01. The molecule has 1 N–H and O–H groups in total. The van der Waals surface area contributed by atoms with Crippen LogP contribution < -0.4 is 5.32 Å². The Morgan fingerprint density at radius 2 is 2.07 bits per heavy atom. The molecule has 86 valence electrons. The number of halogens is 1. The van der Waals surface area contributed by atoms with Crippen molar-refractivity contribution in [3.63, 3.8) is 0 Å². The Bertz CT molecular complexity index is 233. The summed E-state index contributed by atoms with van der Waals surface area (Å²) >= 11 is 5.82. The third-order valence-electron chi connectivity index (χ3n) is 2.76. The molecule has 6 heteroatoms. The molecule has 0 aromatic rings. The minimum atomic E-state index is 0.00951. The highest BCUT2D eigenvalue weighted by Gasteiger charge is 2.25. The highest BCUT2D eigenvalue weighted by molar-refractivity contribution is 6.13. The number of morpholine rings is 1. The van der Waals surface area contributed by atoms with E-state index in [1.54, 1.807) is 9.32 Å². The summed E-state index contributed by atoms with van der Waals surface area (Å²) in [5, 5.41) is 2.98. The van der Waals surface area contributed by atoms with Crippen molar-refractivity contribution in [3.8, 4) is 0 Å². The first-order valence-electron chi connectivity index (χ1n) is 5.29. The molecule has 2 saturated heterocycles. The van der Waals surface area contributed by atoms with Crippen LogP contribution in [0, 0.1) is 0 Å². The molecule has 2 aliphatic heterocycles. The quantitative estimate of drug-likeness (QED) is 0.661. The van der Waals surface area contributed by atoms with E-state index in [0.717, 1.165) is 19.5 Å². The fourth-order valence-corrected chi connectivity index (χ4v) is 2.13. The predicted octanol–water partition coefficient (Wildman–Crippen LogP) is 0.256. The number of hydrogen-bond donors (Lipinski definition) is 1. The van der Waals surface area contributed by atoms with E-state index in [0.29, 0.717) is 26.3 Å². The maximum absolute atomic E-state index is 11.8. The molecule has 0 aromatic heterocycles. The van der Waals surface area contributed by atoms with Gasteiger partial charge in [-0.15, -0.1) is 0 Å². The highest BCUT2D eigenvalue weighted by atomic mass is 35.5. The van der Waals surface area contributed by atoms with Crippen LogP contribution in [0.4, 0.5) is 4.79 Å². The zero-order valence-corrected chi connectivity index (χ0v) is 9.37. The van der Waals surface area contributed by atoms with Crippen LogP contribution in [-0.2, 0) is 4.74 Å². The molecule has 0 radical (unpaired) electrons. The summed E-state index contributed by atoms with van der Waals surface area (Å²) < 4.78 is 6.90. The lowest BCUT2D eigenvalue weighted by molar-refractivity contribution is 0.0526. The van der Waals surface area contributed by atoms with Crippen molar-refractivity contribution >= 4 is 17.8 Å². The Hall–Kier alpha value is -0.520. The maximum Gasteiger partial charge on any atom is 0.317 e. The molecular formula is C9H16ClN3O2. The SMILES string of the molecule is O=C(NC1CCN(Cl)C1)N1CCOCC1. The fourth-order valence-electron chi connectivity index (χ4n) is 1.87. The van der Waals surface area contributed by atoms with Crippen LogP contribution in [0.25, 0.3) is 0 Å². The van der Waals surface area contributed by atoms with Gasteiger partial charge in [0.2, 0.25) is 0 Å². The molecule has 0 spiro atoms. The summed E-state index contributed by atoms with van der Waals surface area (Å²) in [5.41, 5.74) is 0. The van der Waals surface area contributed by atoms with E-state index in [1.807, 2.05) is 0 Å². The van der Waals surface area contributed by atoms with Crippen LogP contribution in [0.15, 0.2) is 0 Å². The monoisotopic (exact) mass is 233 g/mol. The van der Waals surface area contributed by atoms with Crippen molar-refractivity contribution in [2.24, 2.45) is 0 Å². The van der Waals surface area contributed by atoms with Gasteiger partial charge in [0, 0.05) is 32.2 Å². The van der Waals surface area contributed by atoms with Gasteiger partial charge in [0.15, 0.2) is 0 Å². The lowest BCUT2D eigenvalue weighted by atomic mass is 10.3. The predicted molar refractivity (Wildman–Crippen MR) is 56.8 cm³/mol. The van der Waals surface area contributed by atoms with Crippen LogP contribution in [-0.4, -0.2) is 60.8 Å². The molecule has 1 atom stereocenters. The largest absolute Gasteiger partial charge is 0.378 e. The van der Waals surface area contributed by atoms with Crippen molar-refractivity contribution in [3.05, 3.63) is 0 Å². The lowest BCUT2D eigenvalue weighted by Gasteiger charge is -2.28. The van der Waals surface area contributed by atoms with Gasteiger partial charge in [0.25, 0.3) is 0 Å². The van der Waals surface area contributed by atoms with Crippen molar-refractivity contribution in [2.75, 3.05) is 39.4 Å². The van der Waals surface area contributed by atoms with Gasteiger partial charge in [-0.05, 0) is 18.2 Å². The van der Waals surface area contributed by atoms with Gasteiger partial charge in [-0.1, -0.05) is 0 Å². The summed E-state index contributed by atoms with van der Waals surface area (Å²) in [6.07, 6.45) is 0.930. The molecule has 5 nitrogen and oxygen atoms in total. The number of urea groups is 1. The number of rotatable bonds is 1. The summed E-state index contributed by atoms with van der Waals surface area (Å²) in [4.78, 5) is 13.6. The number of ether oxygens (including phenoxy) is 1. The van der Waals surface area contributed by atoms with E-state index in [4.69, 9.17) is 16.5 Å². The topological polar surface area (TPSA) is 44.8 Å². The molecule has 0 saturated carbocycles. The standard InChI is InChI=1S/C9H16ClN3O2/c10-13-2-1-8(7-13)11-9(14)12-3-5-15-6-4-12/h8H,1-7H2,(H,11,14). The Kier molecular flexibility index (Phi) is 3.66. The first-order valence-corrected chi connectivity index (χ1v) is 5.63. The maximum atomic E-state index is 11.8. The average molecular weight is 234 g/mol. The Balaban J connectivity index is 1.76. The van der Waals surface area contributed by atoms with E-state index < -0.39 is 0 Å². The number of carbonyl (C=O) groups is 1. The molecule has 2 aliphatic rings. The molecule has 0 aliphatic carbocycles. The molecule has 2 fully saturated rings. The minimum Gasteiger partial charge on any atom is -0.378 e. The molecule has 0 bridgehead atoms. The summed E-state index contributed by atoms with van der Waals surface area (Å²) in [5.74, 6) is 0. The van der Waals surface area contributed by atoms with Crippen molar-refractivity contribution in [1.82, 2.24) is 14.6 Å². The van der Waals surface area contributed by atoms with Crippen LogP contribution in [0.3, 0.4) is 0 Å². The smallest absolute Gasteiger partial charge is 0.317 e. The number of nitrogens with zero attached hydrogens (tertiary/aromatic N) is 2. The molecule has 15 heavy (non-hydrogen) atoms.